The normalized spacial score (nSPS) is 11.9. The number of alkyl halides is 3. The van der Waals surface area contributed by atoms with Crippen molar-refractivity contribution in [3.05, 3.63) is 176 Å². The first-order valence-corrected chi connectivity index (χ1v) is 15.5. The average Bonchev–Trinajstić information content (AvgIpc) is 3.64. The largest absolute Gasteiger partial charge is 0.741 e. The molecule has 45 heavy (non-hydrogen) atoms. The second kappa shape index (κ2) is 21.4. The number of hydrogen-bond donors (Lipinski definition) is 0. The first-order valence-electron chi connectivity index (χ1n) is 12.8. The summed E-state index contributed by atoms with van der Waals surface area (Å²) in [6.45, 7) is 0. The third-order valence-electron chi connectivity index (χ3n) is 5.39. The predicted molar refractivity (Wildman–Crippen MR) is 171 cm³/mol. The molecule has 0 spiro atoms. The maximum Gasteiger partial charge on any atom is 0.485 e. The summed E-state index contributed by atoms with van der Waals surface area (Å²) in [5.74, 6) is 0. The Morgan fingerprint density at radius 3 is 1.22 bits per heavy atom. The van der Waals surface area contributed by atoms with E-state index < -0.39 is 23.5 Å². The van der Waals surface area contributed by atoms with Gasteiger partial charge in [0.15, 0.2) is 10.1 Å². The summed E-state index contributed by atoms with van der Waals surface area (Å²) in [6.07, 6.45) is 11.8. The number of hydrogen-bond acceptors (Lipinski definition) is 5. The van der Waals surface area contributed by atoms with Crippen molar-refractivity contribution >= 4 is 44.9 Å². The van der Waals surface area contributed by atoms with E-state index in [-0.39, 0.29) is 20.4 Å². The summed E-state index contributed by atoms with van der Waals surface area (Å²) in [7, 11) is -6.54. The topological polar surface area (TPSA) is 109 Å². The van der Waals surface area contributed by atoms with Crippen LogP contribution in [0.2, 0.25) is 0 Å². The van der Waals surface area contributed by atoms with Gasteiger partial charge in [0.25, 0.3) is 0 Å². The number of benzene rings is 4. The maximum absolute atomic E-state index is 10.7. The fourth-order valence-corrected chi connectivity index (χ4v) is 5.82. The van der Waals surface area contributed by atoms with E-state index in [1.807, 2.05) is 62.6 Å². The van der Waals surface area contributed by atoms with Gasteiger partial charge in [-0.1, -0.05) is 115 Å². The van der Waals surface area contributed by atoms with Crippen molar-refractivity contribution in [1.82, 2.24) is 4.98 Å². The van der Waals surface area contributed by atoms with Crippen LogP contribution in [0.4, 0.5) is 13.2 Å². The zero-order chi connectivity index (χ0) is 32.3. The van der Waals surface area contributed by atoms with Crippen LogP contribution in [0, 0.1) is 37.0 Å². The van der Waals surface area contributed by atoms with Gasteiger partial charge in [0.2, 0.25) is 0 Å². The van der Waals surface area contributed by atoms with E-state index in [1.165, 1.54) is 21.3 Å². The molecule has 6 rings (SSSR count). The summed E-state index contributed by atoms with van der Waals surface area (Å²) in [6, 6.07) is 44.4. The summed E-state index contributed by atoms with van der Waals surface area (Å²) >= 11 is 0. The van der Waals surface area contributed by atoms with Crippen molar-refractivity contribution in [3.8, 4) is 0 Å². The molecular weight excluding hydrogens is 795 g/mol. The summed E-state index contributed by atoms with van der Waals surface area (Å²) < 4.78 is 58.9. The second-order valence-electron chi connectivity index (χ2n) is 8.40. The Hall–Kier alpha value is -3.32. The Bertz CT molecular complexity index is 1430. The molecule has 6 nitrogen and oxygen atoms in total. The Morgan fingerprint density at radius 2 is 0.889 bits per heavy atom. The maximum atomic E-state index is 10.7. The fourth-order valence-electron chi connectivity index (χ4n) is 3.52. The van der Waals surface area contributed by atoms with Crippen molar-refractivity contribution in [2.45, 2.75) is 5.51 Å². The van der Waals surface area contributed by atoms with Gasteiger partial charge in [-0.2, -0.15) is 13.2 Å². The molecule has 4 aromatic carbocycles. The van der Waals surface area contributed by atoms with Crippen LogP contribution in [-0.2, 0) is 30.5 Å². The molecule has 0 N–H and O–H groups in total. The smallest absolute Gasteiger partial charge is 0.485 e. The molecule has 12 heteroatoms. The van der Waals surface area contributed by atoms with E-state index in [1.54, 1.807) is 0 Å². The summed E-state index contributed by atoms with van der Waals surface area (Å²) in [5.41, 5.74) is 1.16. The van der Waals surface area contributed by atoms with Gasteiger partial charge >= 0.3 is 5.51 Å². The minimum atomic E-state index is -6.09. The van der Waals surface area contributed by atoms with Gasteiger partial charge < -0.3 is 15.1 Å². The van der Waals surface area contributed by atoms with Gasteiger partial charge in [-0.15, -0.1) is 0 Å². The molecule has 1 aromatic heterocycles. The van der Waals surface area contributed by atoms with Gasteiger partial charge in [0.1, 0.15) is 0 Å². The SMILES string of the molecule is O=S(=O)([O-])C(F)(F)F.[CH]1[CH][CH][CH][CH]1.[N-]=O.[Re].c1ccc(P(c2ccccc2)c2ccccc2)cc1.c1ccc2ncccc2c1. The fraction of sp³-hybridized carbons (Fsp3) is 0.0303. The molecule has 0 amide bonds. The standard InChI is InChI=1S/C18H15P.C9H7N.C5H5.CHF3O3S.NO.Re/c1-4-10-16(11-5-1)19(17-12-6-2-7-13-17)18-14-8-3-9-15-18;1-2-6-9-8(4-1)5-3-7-10-9;1-2-4-5-3-1;2-1(3,4)8(5,6)7;1-2;/h1-15H;1-7H;1-5H;(H,5,6,7);;/q;;;;-1;/p-1. The molecule has 0 bridgehead atoms. The number of pyridine rings is 1. The van der Waals surface area contributed by atoms with E-state index in [9.17, 15) is 13.2 Å². The van der Waals surface area contributed by atoms with Crippen LogP contribution < -0.4 is 15.9 Å². The molecule has 0 saturated heterocycles. The van der Waals surface area contributed by atoms with Crippen molar-refractivity contribution in [2.24, 2.45) is 0 Å². The molecular formula is C33H27F3N2O4PReS-2. The van der Waals surface area contributed by atoms with E-state index in [4.69, 9.17) is 23.5 Å². The Morgan fingerprint density at radius 1 is 0.578 bits per heavy atom. The number of aromatic nitrogens is 1. The number of para-hydroxylation sites is 1. The van der Waals surface area contributed by atoms with Gasteiger partial charge in [-0.3, -0.25) is 4.98 Å². The van der Waals surface area contributed by atoms with E-state index >= 15 is 0 Å². The molecule has 6 radical (unpaired) electrons. The first kappa shape index (κ1) is 39.7. The Balaban J connectivity index is 0.000000328. The second-order valence-corrected chi connectivity index (χ2v) is 12.0. The molecule has 1 aliphatic carbocycles. The molecule has 0 aliphatic heterocycles. The van der Waals surface area contributed by atoms with E-state index in [0.717, 1.165) is 5.52 Å². The molecule has 0 atom stereocenters. The van der Waals surface area contributed by atoms with Crippen molar-refractivity contribution in [2.75, 3.05) is 0 Å². The molecule has 5 aromatic rings. The Kier molecular flexibility index (Phi) is 18.9. The average molecular weight is 822 g/mol. The van der Waals surface area contributed by atoms with Crippen LogP contribution in [0.5, 0.6) is 0 Å². The third kappa shape index (κ3) is 14.5. The molecule has 1 aliphatic rings. The first-order chi connectivity index (χ1) is 21.2. The Labute approximate surface area is 277 Å². The number of fused-ring (bicyclic) bond motifs is 1. The zero-order valence-corrected chi connectivity index (χ0v) is 27.9. The van der Waals surface area contributed by atoms with Crippen LogP contribution in [0.3, 0.4) is 0 Å². The number of halogens is 3. The molecule has 0 unspecified atom stereocenters. The van der Waals surface area contributed by atoms with Gasteiger partial charge in [0, 0.05) is 32.0 Å². The molecule has 1 saturated carbocycles. The number of rotatable bonds is 3. The van der Waals surface area contributed by atoms with Gasteiger partial charge in [-0.25, -0.2) is 8.42 Å². The van der Waals surface area contributed by atoms with Crippen molar-refractivity contribution in [1.29, 1.82) is 0 Å². The van der Waals surface area contributed by atoms with Crippen molar-refractivity contribution < 1.29 is 46.6 Å². The van der Waals surface area contributed by atoms with E-state index in [2.05, 4.69) is 108 Å². The quantitative estimate of drug-likeness (QED) is 0.110. The minimum absolute atomic E-state index is 0. The van der Waals surface area contributed by atoms with Crippen LogP contribution in [-0.4, -0.2) is 23.5 Å². The van der Waals surface area contributed by atoms with Gasteiger partial charge in [0.05, 0.1) is 5.52 Å². The van der Waals surface area contributed by atoms with Gasteiger partial charge in [-0.05, 0) is 68.1 Å². The van der Waals surface area contributed by atoms with E-state index in [0.29, 0.717) is 0 Å². The predicted octanol–water partition coefficient (Wildman–Crippen LogP) is 7.07. The van der Waals surface area contributed by atoms with Crippen LogP contribution >= 0.6 is 7.92 Å². The minimum Gasteiger partial charge on any atom is -0.741 e. The van der Waals surface area contributed by atoms with Crippen LogP contribution in [0.25, 0.3) is 16.5 Å². The molecule has 1 heterocycles. The monoisotopic (exact) mass is 822 g/mol. The van der Waals surface area contributed by atoms with Crippen LogP contribution in [0.1, 0.15) is 0 Å². The summed E-state index contributed by atoms with van der Waals surface area (Å²) in [4.78, 5) is 11.4. The van der Waals surface area contributed by atoms with Crippen LogP contribution in [0.15, 0.2) is 134 Å². The third-order valence-corrected chi connectivity index (χ3v) is 8.40. The number of nitrogens with zero attached hydrogens (tertiary/aromatic N) is 2. The summed E-state index contributed by atoms with van der Waals surface area (Å²) in [5, 5.41) is 5.39. The molecule has 234 valence electrons. The van der Waals surface area contributed by atoms with Crippen molar-refractivity contribution in [3.63, 3.8) is 0 Å². The number of nitroso groups, excluding NO2 is 1. The zero-order valence-electron chi connectivity index (χ0n) is 23.5. The molecule has 1 fully saturated rings.